The van der Waals surface area contributed by atoms with Crippen molar-refractivity contribution in [3.63, 3.8) is 0 Å². The van der Waals surface area contributed by atoms with Crippen LogP contribution >= 0.6 is 34.3 Å². The molecule has 1 N–H and O–H groups in total. The van der Waals surface area contributed by atoms with Gasteiger partial charge in [-0.1, -0.05) is 23.7 Å². The SMILES string of the molecule is CO[C@@H](CNC(=O)c1ccc(-c2ccsc2)cc1)c1ccc(Cl)s1. The third kappa shape index (κ3) is 4.05. The zero-order chi connectivity index (χ0) is 16.9. The molecular weight excluding hydrogens is 362 g/mol. The van der Waals surface area contributed by atoms with Gasteiger partial charge < -0.3 is 10.1 Å². The highest BCUT2D eigenvalue weighted by molar-refractivity contribution is 7.16. The largest absolute Gasteiger partial charge is 0.374 e. The molecule has 0 spiro atoms. The molecule has 0 radical (unpaired) electrons. The zero-order valence-electron chi connectivity index (χ0n) is 13.0. The highest BCUT2D eigenvalue weighted by Gasteiger charge is 2.15. The number of benzene rings is 1. The van der Waals surface area contributed by atoms with Crippen LogP contribution in [0, 0.1) is 0 Å². The van der Waals surface area contributed by atoms with E-state index in [1.165, 1.54) is 16.9 Å². The molecular formula is C18H16ClNO2S2. The molecule has 24 heavy (non-hydrogen) atoms. The number of carbonyl (C=O) groups excluding carboxylic acids is 1. The number of nitrogens with one attached hydrogen (secondary N) is 1. The van der Waals surface area contributed by atoms with Gasteiger partial charge in [0.25, 0.3) is 5.91 Å². The molecule has 0 saturated heterocycles. The Hall–Kier alpha value is -1.66. The van der Waals surface area contributed by atoms with Crippen LogP contribution in [0.3, 0.4) is 0 Å². The lowest BCUT2D eigenvalue weighted by atomic mass is 10.1. The molecule has 1 amide bonds. The molecule has 6 heteroatoms. The van der Waals surface area contributed by atoms with Crippen LogP contribution in [0.4, 0.5) is 0 Å². The average molecular weight is 378 g/mol. The topological polar surface area (TPSA) is 38.3 Å². The molecule has 0 aliphatic carbocycles. The first-order chi connectivity index (χ1) is 11.7. The third-order valence-corrected chi connectivity index (χ3v) is 5.65. The third-order valence-electron chi connectivity index (χ3n) is 3.65. The van der Waals surface area contributed by atoms with Crippen LogP contribution in [0.5, 0.6) is 0 Å². The van der Waals surface area contributed by atoms with Crippen molar-refractivity contribution in [2.45, 2.75) is 6.10 Å². The first kappa shape index (κ1) is 17.2. The molecule has 2 heterocycles. The molecule has 2 aromatic heterocycles. The van der Waals surface area contributed by atoms with Crippen molar-refractivity contribution in [1.82, 2.24) is 5.32 Å². The molecule has 1 aromatic carbocycles. The van der Waals surface area contributed by atoms with Gasteiger partial charge in [0.1, 0.15) is 6.10 Å². The molecule has 0 bridgehead atoms. The Morgan fingerprint density at radius 2 is 1.96 bits per heavy atom. The van der Waals surface area contributed by atoms with Crippen molar-refractivity contribution in [3.05, 3.63) is 68.0 Å². The second-order valence-electron chi connectivity index (χ2n) is 5.17. The fraction of sp³-hybridized carbons (Fsp3) is 0.167. The van der Waals surface area contributed by atoms with Gasteiger partial charge in [0, 0.05) is 24.1 Å². The molecule has 3 aromatic rings. The lowest BCUT2D eigenvalue weighted by Crippen LogP contribution is -2.28. The van der Waals surface area contributed by atoms with E-state index in [4.69, 9.17) is 16.3 Å². The second-order valence-corrected chi connectivity index (χ2v) is 7.69. The van der Waals surface area contributed by atoms with Crippen LogP contribution in [-0.4, -0.2) is 19.6 Å². The van der Waals surface area contributed by atoms with Gasteiger partial charge >= 0.3 is 0 Å². The predicted molar refractivity (Wildman–Crippen MR) is 101 cm³/mol. The van der Waals surface area contributed by atoms with Crippen LogP contribution in [-0.2, 0) is 4.74 Å². The van der Waals surface area contributed by atoms with E-state index in [1.54, 1.807) is 18.4 Å². The minimum atomic E-state index is -0.198. The number of hydrogen-bond donors (Lipinski definition) is 1. The normalized spacial score (nSPS) is 12.1. The molecule has 0 fully saturated rings. The summed E-state index contributed by atoms with van der Waals surface area (Å²) in [5.41, 5.74) is 2.91. The maximum atomic E-state index is 12.3. The lowest BCUT2D eigenvalue weighted by molar-refractivity contribution is 0.0837. The molecule has 0 aliphatic rings. The summed E-state index contributed by atoms with van der Waals surface area (Å²) in [6, 6.07) is 13.4. The summed E-state index contributed by atoms with van der Waals surface area (Å²) in [6.07, 6.45) is -0.198. The number of methoxy groups -OCH3 is 1. The Bertz CT molecular complexity index is 797. The van der Waals surface area contributed by atoms with Crippen molar-refractivity contribution in [2.75, 3.05) is 13.7 Å². The van der Waals surface area contributed by atoms with Crippen LogP contribution in [0.1, 0.15) is 21.3 Å². The number of amides is 1. The van der Waals surface area contributed by atoms with E-state index in [0.29, 0.717) is 16.4 Å². The standard InChI is InChI=1S/C18H16ClNO2S2/c1-22-15(16-6-7-17(19)24-16)10-20-18(21)13-4-2-12(3-5-13)14-8-9-23-11-14/h2-9,11,15H,10H2,1H3,(H,20,21)/t15-/m0/s1. The van der Waals surface area contributed by atoms with Crippen molar-refractivity contribution in [1.29, 1.82) is 0 Å². The number of thiophene rings is 2. The summed E-state index contributed by atoms with van der Waals surface area (Å²) in [4.78, 5) is 13.3. The molecule has 0 aliphatic heterocycles. The van der Waals surface area contributed by atoms with E-state index in [0.717, 1.165) is 10.4 Å². The second kappa shape index (κ2) is 7.94. The molecule has 124 valence electrons. The molecule has 3 rings (SSSR count). The quantitative estimate of drug-likeness (QED) is 0.637. The van der Waals surface area contributed by atoms with Gasteiger partial charge in [0.15, 0.2) is 0 Å². The van der Waals surface area contributed by atoms with Crippen molar-refractivity contribution < 1.29 is 9.53 Å². The number of halogens is 1. The van der Waals surface area contributed by atoms with Crippen LogP contribution < -0.4 is 5.32 Å². The highest BCUT2D eigenvalue weighted by atomic mass is 35.5. The monoisotopic (exact) mass is 377 g/mol. The first-order valence-corrected chi connectivity index (χ1v) is 9.50. The average Bonchev–Trinajstić information content (AvgIpc) is 3.27. The van der Waals surface area contributed by atoms with Gasteiger partial charge in [-0.15, -0.1) is 11.3 Å². The van der Waals surface area contributed by atoms with Gasteiger partial charge in [-0.25, -0.2) is 0 Å². The van der Waals surface area contributed by atoms with E-state index >= 15 is 0 Å². The summed E-state index contributed by atoms with van der Waals surface area (Å²) in [5, 5.41) is 7.04. The van der Waals surface area contributed by atoms with Gasteiger partial charge in [-0.2, -0.15) is 11.3 Å². The van der Waals surface area contributed by atoms with Crippen LogP contribution in [0.2, 0.25) is 4.34 Å². The van der Waals surface area contributed by atoms with Gasteiger partial charge in [-0.05, 0) is 52.2 Å². The maximum Gasteiger partial charge on any atom is 0.251 e. The Labute approximate surface area is 153 Å². The Morgan fingerprint density at radius 1 is 1.17 bits per heavy atom. The van der Waals surface area contributed by atoms with Gasteiger partial charge in [0.2, 0.25) is 0 Å². The highest BCUT2D eigenvalue weighted by Crippen LogP contribution is 2.28. The van der Waals surface area contributed by atoms with Crippen molar-refractivity contribution in [3.8, 4) is 11.1 Å². The summed E-state index contributed by atoms with van der Waals surface area (Å²) >= 11 is 9.07. The van der Waals surface area contributed by atoms with E-state index < -0.39 is 0 Å². The lowest BCUT2D eigenvalue weighted by Gasteiger charge is -2.14. The number of carbonyl (C=O) groups is 1. The fourth-order valence-electron chi connectivity index (χ4n) is 2.33. The van der Waals surface area contributed by atoms with Gasteiger partial charge in [0.05, 0.1) is 4.34 Å². The van der Waals surface area contributed by atoms with Gasteiger partial charge in [-0.3, -0.25) is 4.79 Å². The molecule has 0 unspecified atom stereocenters. The van der Waals surface area contributed by atoms with Crippen LogP contribution in [0.25, 0.3) is 11.1 Å². The van der Waals surface area contributed by atoms with E-state index in [9.17, 15) is 4.79 Å². The predicted octanol–water partition coefficient (Wildman–Crippen LogP) is 5.25. The minimum Gasteiger partial charge on any atom is -0.374 e. The van der Waals surface area contributed by atoms with E-state index in [2.05, 4.69) is 16.8 Å². The molecule has 0 saturated carbocycles. The summed E-state index contributed by atoms with van der Waals surface area (Å²) in [6.45, 7) is 0.401. The smallest absolute Gasteiger partial charge is 0.251 e. The Balaban J connectivity index is 1.62. The zero-order valence-corrected chi connectivity index (χ0v) is 15.4. The number of ether oxygens (including phenoxy) is 1. The molecule has 1 atom stereocenters. The van der Waals surface area contributed by atoms with Crippen molar-refractivity contribution in [2.24, 2.45) is 0 Å². The van der Waals surface area contributed by atoms with E-state index in [1.807, 2.05) is 41.8 Å². The molecule has 3 nitrogen and oxygen atoms in total. The number of hydrogen-bond acceptors (Lipinski definition) is 4. The number of rotatable bonds is 6. The summed E-state index contributed by atoms with van der Waals surface area (Å²) in [7, 11) is 1.63. The Morgan fingerprint density at radius 3 is 2.54 bits per heavy atom. The maximum absolute atomic E-state index is 12.3. The first-order valence-electron chi connectivity index (χ1n) is 7.36. The van der Waals surface area contributed by atoms with E-state index in [-0.39, 0.29) is 12.0 Å². The fourth-order valence-corrected chi connectivity index (χ4v) is 4.14. The minimum absolute atomic E-state index is 0.114. The van der Waals surface area contributed by atoms with Crippen molar-refractivity contribution >= 4 is 40.2 Å². The van der Waals surface area contributed by atoms with Crippen LogP contribution in [0.15, 0.2) is 53.2 Å². The summed E-state index contributed by atoms with van der Waals surface area (Å²) in [5.74, 6) is -0.114. The Kier molecular flexibility index (Phi) is 5.68. The summed E-state index contributed by atoms with van der Waals surface area (Å²) < 4.78 is 6.15.